The first-order valence-electron chi connectivity index (χ1n) is 8.10. The Kier molecular flexibility index (Phi) is 7.40. The van der Waals surface area contributed by atoms with Crippen molar-refractivity contribution in [3.05, 3.63) is 27.7 Å². The van der Waals surface area contributed by atoms with Crippen molar-refractivity contribution in [1.29, 1.82) is 0 Å². The molecule has 0 unspecified atom stereocenters. The van der Waals surface area contributed by atoms with Gasteiger partial charge in [0.15, 0.2) is 11.8 Å². The summed E-state index contributed by atoms with van der Waals surface area (Å²) < 4.78 is 2.19. The Balaban J connectivity index is 0.00000208. The summed E-state index contributed by atoms with van der Waals surface area (Å²) >= 11 is 1.69. The van der Waals surface area contributed by atoms with Gasteiger partial charge in [0.1, 0.15) is 12.4 Å². The Morgan fingerprint density at radius 3 is 3.00 bits per heavy atom. The molecule has 2 aromatic rings. The van der Waals surface area contributed by atoms with E-state index in [4.69, 9.17) is 0 Å². The van der Waals surface area contributed by atoms with Gasteiger partial charge >= 0.3 is 0 Å². The summed E-state index contributed by atoms with van der Waals surface area (Å²) in [4.78, 5) is 9.10. The van der Waals surface area contributed by atoms with Crippen LogP contribution in [0.25, 0.3) is 0 Å². The van der Waals surface area contributed by atoms with Gasteiger partial charge in [-0.2, -0.15) is 0 Å². The summed E-state index contributed by atoms with van der Waals surface area (Å²) in [6, 6.07) is 0. The number of thiazole rings is 1. The van der Waals surface area contributed by atoms with Gasteiger partial charge < -0.3 is 15.2 Å². The molecule has 0 atom stereocenters. The highest BCUT2D eigenvalue weighted by molar-refractivity contribution is 14.0. The molecule has 7 nitrogen and oxygen atoms in total. The number of aromatic nitrogens is 4. The Morgan fingerprint density at radius 2 is 2.25 bits per heavy atom. The van der Waals surface area contributed by atoms with Gasteiger partial charge in [-0.15, -0.1) is 45.5 Å². The molecule has 0 fully saturated rings. The van der Waals surface area contributed by atoms with Crippen LogP contribution in [0.15, 0.2) is 10.4 Å². The Morgan fingerprint density at radius 1 is 1.38 bits per heavy atom. The van der Waals surface area contributed by atoms with E-state index in [1.807, 2.05) is 6.92 Å². The van der Waals surface area contributed by atoms with E-state index in [-0.39, 0.29) is 24.0 Å². The molecule has 0 bridgehead atoms. The molecule has 132 valence electrons. The van der Waals surface area contributed by atoms with Gasteiger partial charge in [0.2, 0.25) is 0 Å². The summed E-state index contributed by atoms with van der Waals surface area (Å²) in [7, 11) is 0. The molecule has 2 aromatic heterocycles. The Labute approximate surface area is 163 Å². The largest absolute Gasteiger partial charge is 0.357 e. The lowest BCUT2D eigenvalue weighted by atomic mass is 10.3. The van der Waals surface area contributed by atoms with Gasteiger partial charge in [0, 0.05) is 37.9 Å². The molecule has 0 saturated heterocycles. The normalized spacial score (nSPS) is 13.5. The van der Waals surface area contributed by atoms with Crippen molar-refractivity contribution in [2.45, 2.75) is 46.2 Å². The third kappa shape index (κ3) is 4.88. The lowest BCUT2D eigenvalue weighted by Crippen LogP contribution is -2.38. The molecule has 1 aliphatic rings. The maximum atomic E-state index is 4.62. The third-order valence-electron chi connectivity index (χ3n) is 3.75. The molecule has 3 rings (SSSR count). The smallest absolute Gasteiger partial charge is 0.191 e. The fourth-order valence-electron chi connectivity index (χ4n) is 2.65. The minimum atomic E-state index is 0. The number of hydrogen-bond donors (Lipinski definition) is 2. The van der Waals surface area contributed by atoms with E-state index >= 15 is 0 Å². The van der Waals surface area contributed by atoms with E-state index in [2.05, 4.69) is 47.7 Å². The predicted octanol–water partition coefficient (Wildman–Crippen LogP) is 1.91. The number of hydrogen-bond acceptors (Lipinski definition) is 5. The number of guanidine groups is 1. The van der Waals surface area contributed by atoms with Crippen LogP contribution >= 0.6 is 35.3 Å². The molecule has 0 spiro atoms. The van der Waals surface area contributed by atoms with Gasteiger partial charge in [-0.3, -0.25) is 0 Å². The van der Waals surface area contributed by atoms with E-state index in [9.17, 15) is 0 Å². The third-order valence-corrected chi connectivity index (χ3v) is 4.57. The zero-order chi connectivity index (χ0) is 16.1. The zero-order valence-corrected chi connectivity index (χ0v) is 17.2. The first kappa shape index (κ1) is 19.1. The Bertz CT molecular complexity index is 679. The van der Waals surface area contributed by atoms with E-state index in [1.165, 1.54) is 0 Å². The molecular weight excluding hydrogens is 437 g/mol. The highest BCUT2D eigenvalue weighted by Crippen LogP contribution is 2.14. The van der Waals surface area contributed by atoms with E-state index in [0.717, 1.165) is 67.2 Å². The molecule has 0 amide bonds. The predicted molar refractivity (Wildman–Crippen MR) is 107 cm³/mol. The molecule has 0 aromatic carbocycles. The standard InChI is InChI=1S/C15H23N7S.HI/c1-3-16-15(17-7-6-12-10-23-11(2)19-12)18-9-14-21-20-13-5-4-8-22(13)14;/h10H,3-9H2,1-2H3,(H2,16,17,18);1H. The van der Waals surface area contributed by atoms with E-state index < -0.39 is 0 Å². The number of aryl methyl sites for hydroxylation is 2. The number of fused-ring (bicyclic) bond motifs is 1. The van der Waals surface area contributed by atoms with Crippen LogP contribution in [0.5, 0.6) is 0 Å². The van der Waals surface area contributed by atoms with Crippen LogP contribution in [-0.4, -0.2) is 38.8 Å². The van der Waals surface area contributed by atoms with Crippen molar-refractivity contribution in [3.8, 4) is 0 Å². The summed E-state index contributed by atoms with van der Waals surface area (Å²) in [6.45, 7) is 7.31. The maximum Gasteiger partial charge on any atom is 0.191 e. The molecule has 2 N–H and O–H groups in total. The van der Waals surface area contributed by atoms with Gasteiger partial charge in [-0.05, 0) is 20.3 Å². The molecule has 0 saturated carbocycles. The van der Waals surface area contributed by atoms with Gasteiger partial charge in [-0.25, -0.2) is 9.98 Å². The summed E-state index contributed by atoms with van der Waals surface area (Å²) in [5.74, 6) is 2.85. The number of nitrogens with zero attached hydrogens (tertiary/aromatic N) is 5. The average Bonchev–Trinajstić information content (AvgIpc) is 3.22. The highest BCUT2D eigenvalue weighted by Gasteiger charge is 2.16. The van der Waals surface area contributed by atoms with Crippen LogP contribution in [0.2, 0.25) is 0 Å². The number of rotatable bonds is 6. The van der Waals surface area contributed by atoms with Crippen LogP contribution in [0.4, 0.5) is 0 Å². The number of nitrogens with one attached hydrogen (secondary N) is 2. The minimum Gasteiger partial charge on any atom is -0.357 e. The second-order valence-electron chi connectivity index (χ2n) is 5.52. The minimum absolute atomic E-state index is 0. The van der Waals surface area contributed by atoms with Gasteiger partial charge in [0.25, 0.3) is 0 Å². The van der Waals surface area contributed by atoms with Crippen molar-refractivity contribution in [2.24, 2.45) is 4.99 Å². The molecule has 24 heavy (non-hydrogen) atoms. The number of aliphatic imine (C=N–C) groups is 1. The summed E-state index contributed by atoms with van der Waals surface area (Å²) in [6.07, 6.45) is 3.09. The van der Waals surface area contributed by atoms with Crippen LogP contribution in [-0.2, 0) is 25.9 Å². The van der Waals surface area contributed by atoms with Crippen LogP contribution in [0.1, 0.15) is 35.7 Å². The first-order chi connectivity index (χ1) is 11.3. The van der Waals surface area contributed by atoms with Crippen molar-refractivity contribution < 1.29 is 0 Å². The quantitative estimate of drug-likeness (QED) is 0.391. The lowest BCUT2D eigenvalue weighted by molar-refractivity contribution is 0.684. The molecule has 1 aliphatic heterocycles. The van der Waals surface area contributed by atoms with Crippen molar-refractivity contribution in [1.82, 2.24) is 30.4 Å². The molecule has 3 heterocycles. The SMILES string of the molecule is CCNC(=NCc1nnc2n1CCC2)NCCc1csc(C)n1.I. The fraction of sp³-hybridized carbons (Fsp3) is 0.600. The molecular formula is C15H24IN7S. The maximum absolute atomic E-state index is 4.62. The monoisotopic (exact) mass is 461 g/mol. The fourth-order valence-corrected chi connectivity index (χ4v) is 3.30. The number of halogens is 1. The van der Waals surface area contributed by atoms with Gasteiger partial charge in [0.05, 0.1) is 10.7 Å². The lowest BCUT2D eigenvalue weighted by Gasteiger charge is -2.10. The van der Waals surface area contributed by atoms with Crippen molar-refractivity contribution in [2.75, 3.05) is 13.1 Å². The second-order valence-corrected chi connectivity index (χ2v) is 6.58. The topological polar surface area (TPSA) is 80.0 Å². The van der Waals surface area contributed by atoms with Crippen LogP contribution in [0, 0.1) is 6.92 Å². The first-order valence-corrected chi connectivity index (χ1v) is 8.98. The second kappa shape index (κ2) is 9.30. The van der Waals surface area contributed by atoms with Crippen LogP contribution in [0.3, 0.4) is 0 Å². The van der Waals surface area contributed by atoms with Crippen LogP contribution < -0.4 is 10.6 Å². The van der Waals surface area contributed by atoms with E-state index in [1.54, 1.807) is 11.3 Å². The average molecular weight is 461 g/mol. The van der Waals surface area contributed by atoms with Crippen molar-refractivity contribution >= 4 is 41.3 Å². The van der Waals surface area contributed by atoms with Gasteiger partial charge in [-0.1, -0.05) is 0 Å². The molecule has 0 radical (unpaired) electrons. The zero-order valence-electron chi connectivity index (χ0n) is 14.1. The summed E-state index contributed by atoms with van der Waals surface area (Å²) in [5, 5.41) is 18.3. The van der Waals surface area contributed by atoms with Crippen molar-refractivity contribution in [3.63, 3.8) is 0 Å². The Hall–Kier alpha value is -1.23. The van der Waals surface area contributed by atoms with E-state index in [0.29, 0.717) is 6.54 Å². The molecule has 0 aliphatic carbocycles. The highest BCUT2D eigenvalue weighted by atomic mass is 127. The molecule has 9 heteroatoms. The summed E-state index contributed by atoms with van der Waals surface area (Å²) in [5.41, 5.74) is 1.13.